The average Bonchev–Trinajstić information content (AvgIpc) is 3.19. The molecule has 24 heavy (non-hydrogen) atoms. The Hall–Kier alpha value is -2.56. The monoisotopic (exact) mass is 324 g/mol. The van der Waals surface area contributed by atoms with E-state index in [4.69, 9.17) is 9.47 Å². The van der Waals surface area contributed by atoms with Gasteiger partial charge in [0.1, 0.15) is 11.9 Å². The summed E-state index contributed by atoms with van der Waals surface area (Å²) in [5.74, 6) is 1.77. The maximum Gasteiger partial charge on any atom is 0.254 e. The molecule has 4 rings (SSSR count). The van der Waals surface area contributed by atoms with E-state index in [1.54, 1.807) is 19.4 Å². The first-order valence-corrected chi connectivity index (χ1v) is 8.29. The molecule has 2 bridgehead atoms. The molecule has 1 aliphatic heterocycles. The fraction of sp³-hybridized carbons (Fsp3) is 0.368. The molecule has 3 atom stereocenters. The Kier molecular flexibility index (Phi) is 3.84. The molecule has 0 unspecified atom stereocenters. The number of carbonyl (C=O) groups excluding carboxylic acids is 1. The number of fused-ring (bicyclic) bond motifs is 2. The number of rotatable bonds is 4. The molecule has 2 fully saturated rings. The average molecular weight is 324 g/mol. The summed E-state index contributed by atoms with van der Waals surface area (Å²) in [5, 5.41) is 0. The number of likely N-dealkylation sites (tertiary alicyclic amines) is 1. The molecular weight excluding hydrogens is 304 g/mol. The highest BCUT2D eigenvalue weighted by Gasteiger charge is 2.50. The van der Waals surface area contributed by atoms with Crippen molar-refractivity contribution in [2.24, 2.45) is 5.92 Å². The lowest BCUT2D eigenvalue weighted by Gasteiger charge is -2.27. The van der Waals surface area contributed by atoms with Gasteiger partial charge in [0.25, 0.3) is 5.91 Å². The molecule has 5 heteroatoms. The third-order valence-corrected chi connectivity index (χ3v) is 4.98. The maximum absolute atomic E-state index is 12.9. The van der Waals surface area contributed by atoms with Crippen molar-refractivity contribution in [3.05, 3.63) is 54.2 Å². The Labute approximate surface area is 141 Å². The van der Waals surface area contributed by atoms with Crippen molar-refractivity contribution < 1.29 is 14.3 Å². The Morgan fingerprint density at radius 2 is 2.12 bits per heavy atom. The van der Waals surface area contributed by atoms with Gasteiger partial charge in [-0.2, -0.15) is 0 Å². The number of benzene rings is 1. The lowest BCUT2D eigenvalue weighted by Crippen LogP contribution is -2.40. The standard InChI is InChI=1S/C19H20N2O3/c1-23-15-6-4-5-13(11-15)19(22)21-12-14-8-9-16(21)18(14)24-17-7-2-3-10-20-17/h2-7,10-11,14,16,18H,8-9,12H2,1H3/t14-,16+,18+/m1/s1. The smallest absolute Gasteiger partial charge is 0.254 e. The lowest BCUT2D eigenvalue weighted by atomic mass is 10.1. The van der Waals surface area contributed by atoms with E-state index in [2.05, 4.69) is 4.98 Å². The second-order valence-electron chi connectivity index (χ2n) is 6.34. The molecule has 1 amide bonds. The number of pyridine rings is 1. The first-order valence-electron chi connectivity index (χ1n) is 8.29. The number of carbonyl (C=O) groups is 1. The van der Waals surface area contributed by atoms with Crippen LogP contribution in [-0.4, -0.2) is 41.6 Å². The van der Waals surface area contributed by atoms with Crippen LogP contribution in [0.1, 0.15) is 23.2 Å². The number of aromatic nitrogens is 1. The van der Waals surface area contributed by atoms with E-state index in [9.17, 15) is 4.79 Å². The summed E-state index contributed by atoms with van der Waals surface area (Å²) < 4.78 is 11.3. The zero-order valence-corrected chi connectivity index (χ0v) is 13.6. The molecule has 0 spiro atoms. The van der Waals surface area contributed by atoms with E-state index in [0.717, 1.165) is 19.4 Å². The summed E-state index contributed by atoms with van der Waals surface area (Å²) in [6, 6.07) is 13.1. The van der Waals surface area contributed by atoms with Gasteiger partial charge in [-0.25, -0.2) is 4.98 Å². The number of methoxy groups -OCH3 is 1. The molecule has 1 aromatic carbocycles. The molecule has 0 N–H and O–H groups in total. The highest BCUT2D eigenvalue weighted by molar-refractivity contribution is 5.95. The molecule has 1 saturated heterocycles. The van der Waals surface area contributed by atoms with E-state index < -0.39 is 0 Å². The fourth-order valence-electron chi connectivity index (χ4n) is 3.83. The number of nitrogens with zero attached hydrogens (tertiary/aromatic N) is 2. The highest BCUT2D eigenvalue weighted by Crippen LogP contribution is 2.40. The number of amides is 1. The van der Waals surface area contributed by atoms with Crippen LogP contribution in [0, 0.1) is 5.92 Å². The van der Waals surface area contributed by atoms with Crippen LogP contribution in [0.5, 0.6) is 11.6 Å². The molecule has 124 valence electrons. The SMILES string of the molecule is COc1cccc(C(=O)N2C[C@H]3CC[C@H]2[C@H]3Oc2ccccn2)c1. The third kappa shape index (κ3) is 2.60. The van der Waals surface area contributed by atoms with Gasteiger partial charge in [0.15, 0.2) is 0 Å². The van der Waals surface area contributed by atoms with Crippen molar-refractivity contribution in [3.63, 3.8) is 0 Å². The van der Waals surface area contributed by atoms with E-state index in [0.29, 0.717) is 23.1 Å². The second-order valence-corrected chi connectivity index (χ2v) is 6.34. The minimum absolute atomic E-state index is 0.0365. The second kappa shape index (κ2) is 6.15. The molecule has 2 heterocycles. The largest absolute Gasteiger partial charge is 0.497 e. The Morgan fingerprint density at radius 1 is 1.21 bits per heavy atom. The quantitative estimate of drug-likeness (QED) is 0.868. The van der Waals surface area contributed by atoms with Gasteiger partial charge in [-0.3, -0.25) is 4.79 Å². The zero-order chi connectivity index (χ0) is 16.5. The molecule has 2 aromatic rings. The van der Waals surface area contributed by atoms with Crippen LogP contribution < -0.4 is 9.47 Å². The van der Waals surface area contributed by atoms with Crippen LogP contribution >= 0.6 is 0 Å². The van der Waals surface area contributed by atoms with Crippen LogP contribution in [0.15, 0.2) is 48.7 Å². The minimum atomic E-state index is 0.0365. The van der Waals surface area contributed by atoms with Gasteiger partial charge in [-0.15, -0.1) is 0 Å². The van der Waals surface area contributed by atoms with Crippen LogP contribution in [0.2, 0.25) is 0 Å². The minimum Gasteiger partial charge on any atom is -0.497 e. The zero-order valence-electron chi connectivity index (χ0n) is 13.6. The van der Waals surface area contributed by atoms with Gasteiger partial charge in [0.05, 0.1) is 13.2 Å². The summed E-state index contributed by atoms with van der Waals surface area (Å²) >= 11 is 0. The van der Waals surface area contributed by atoms with Crippen molar-refractivity contribution in [1.29, 1.82) is 0 Å². The molecule has 2 aliphatic rings. The number of hydrogen-bond donors (Lipinski definition) is 0. The van der Waals surface area contributed by atoms with Crippen molar-refractivity contribution >= 4 is 5.91 Å². The summed E-state index contributed by atoms with van der Waals surface area (Å²) in [7, 11) is 1.61. The van der Waals surface area contributed by atoms with E-state index >= 15 is 0 Å². The molecular formula is C19H20N2O3. The predicted octanol–water partition coefficient (Wildman–Crippen LogP) is 2.77. The van der Waals surface area contributed by atoms with Gasteiger partial charge in [0.2, 0.25) is 5.88 Å². The maximum atomic E-state index is 12.9. The summed E-state index contributed by atoms with van der Waals surface area (Å²) in [6.07, 6.45) is 3.85. The molecule has 1 saturated carbocycles. The Balaban J connectivity index is 1.52. The van der Waals surface area contributed by atoms with Gasteiger partial charge in [0, 0.05) is 30.3 Å². The van der Waals surface area contributed by atoms with Gasteiger partial charge in [-0.1, -0.05) is 12.1 Å². The van der Waals surface area contributed by atoms with E-state index in [-0.39, 0.29) is 18.1 Å². The van der Waals surface area contributed by atoms with Gasteiger partial charge < -0.3 is 14.4 Å². The lowest BCUT2D eigenvalue weighted by molar-refractivity contribution is 0.0664. The van der Waals surface area contributed by atoms with Crippen molar-refractivity contribution in [1.82, 2.24) is 9.88 Å². The topological polar surface area (TPSA) is 51.7 Å². The van der Waals surface area contributed by atoms with Crippen LogP contribution in [0.4, 0.5) is 0 Å². The molecule has 0 radical (unpaired) electrons. The number of ether oxygens (including phenoxy) is 2. The van der Waals surface area contributed by atoms with Crippen molar-refractivity contribution in [3.8, 4) is 11.6 Å². The number of piperidine rings is 1. The van der Waals surface area contributed by atoms with Gasteiger partial charge >= 0.3 is 0 Å². The highest BCUT2D eigenvalue weighted by atomic mass is 16.5. The number of hydrogen-bond acceptors (Lipinski definition) is 4. The van der Waals surface area contributed by atoms with Crippen LogP contribution in [-0.2, 0) is 0 Å². The summed E-state index contributed by atoms with van der Waals surface area (Å²) in [6.45, 7) is 0.748. The van der Waals surface area contributed by atoms with E-state index in [1.807, 2.05) is 41.3 Å². The van der Waals surface area contributed by atoms with Crippen LogP contribution in [0.3, 0.4) is 0 Å². The third-order valence-electron chi connectivity index (χ3n) is 4.98. The first kappa shape index (κ1) is 15.0. The summed E-state index contributed by atoms with van der Waals surface area (Å²) in [4.78, 5) is 19.1. The Morgan fingerprint density at radius 3 is 2.92 bits per heavy atom. The van der Waals surface area contributed by atoms with Gasteiger partial charge in [-0.05, 0) is 37.1 Å². The fourth-order valence-corrected chi connectivity index (χ4v) is 3.83. The molecule has 1 aliphatic carbocycles. The Bertz CT molecular complexity index is 734. The van der Waals surface area contributed by atoms with Crippen molar-refractivity contribution in [2.75, 3.05) is 13.7 Å². The predicted molar refractivity (Wildman–Crippen MR) is 89.2 cm³/mol. The van der Waals surface area contributed by atoms with E-state index in [1.165, 1.54) is 0 Å². The molecule has 1 aromatic heterocycles. The van der Waals surface area contributed by atoms with Crippen molar-refractivity contribution in [2.45, 2.75) is 25.0 Å². The first-order chi connectivity index (χ1) is 11.8. The normalized spacial score (nSPS) is 24.9. The van der Waals surface area contributed by atoms with Crippen LogP contribution in [0.25, 0.3) is 0 Å². The molecule has 5 nitrogen and oxygen atoms in total. The summed E-state index contributed by atoms with van der Waals surface area (Å²) in [5.41, 5.74) is 0.665.